The number of hydrogen-bond acceptors (Lipinski definition) is 20. The molecular weight excluding hydrogens is 1450 g/mol. The van der Waals surface area contributed by atoms with Crippen molar-refractivity contribution in [3.63, 3.8) is 0 Å². The largest absolute Gasteiger partial charge is 0.508 e. The molecular formula is C70H103N21O20. The van der Waals surface area contributed by atoms with Crippen molar-refractivity contribution in [2.24, 2.45) is 28.9 Å². The van der Waals surface area contributed by atoms with Crippen LogP contribution in [-0.4, -0.2) is 225 Å². The molecule has 41 heteroatoms. The molecule has 0 aliphatic rings. The molecule has 0 saturated carbocycles. The summed E-state index contributed by atoms with van der Waals surface area (Å²) >= 11 is 0. The number of nitrogens with one attached hydrogen (secondary N) is 17. The van der Waals surface area contributed by atoms with Crippen LogP contribution < -0.4 is 97.4 Å². The van der Waals surface area contributed by atoms with E-state index in [-0.39, 0.29) is 89.6 Å². The lowest BCUT2D eigenvalue weighted by molar-refractivity contribution is -0.142. The van der Waals surface area contributed by atoms with Gasteiger partial charge in [-0.15, -0.1) is 0 Å². The zero-order valence-corrected chi connectivity index (χ0v) is 61.6. The van der Waals surface area contributed by atoms with Gasteiger partial charge in [-0.2, -0.15) is 0 Å². The SMILES string of the molecule is CC(C)C[C@H](NC(=O)[C@H](CCC(=O)O)NC(=O)[C@H](Cc1ccccc1)NC(=O)[C@H](CCC(=O)O)NC(=O)[C@H](CC(=O)O)NC(=O)CN)C(=O)N[C@@H](CCCNC(=N)N)C(=O)N[C@@H](Cc1ccc(O)cc1)C(=O)N[C@@H](CCCNC(=N)N)C(=O)N[C@@H](CCCNC(=N)N)C(=O)N[C@@H](C)C(=O)N[C@@H](Cc1ccccc1)C(=O)O. The molecule has 0 saturated heterocycles. The second-order valence-electron chi connectivity index (χ2n) is 26.2. The number of hydrogen-bond donors (Lipinski definition) is 26. The fourth-order valence-electron chi connectivity index (χ4n) is 10.8. The van der Waals surface area contributed by atoms with Crippen LogP contribution in [0.1, 0.15) is 115 Å². The highest BCUT2D eigenvalue weighted by atomic mass is 16.4. The Bertz CT molecular complexity index is 3710. The van der Waals surface area contributed by atoms with E-state index in [0.29, 0.717) is 16.7 Å². The van der Waals surface area contributed by atoms with Crippen LogP contribution in [0.15, 0.2) is 84.9 Å². The number of carboxylic acid groups (broad SMARTS) is 4. The third kappa shape index (κ3) is 37.1. The minimum Gasteiger partial charge on any atom is -0.508 e. The molecule has 0 radical (unpaired) electrons. The molecule has 0 unspecified atom stereocenters. The van der Waals surface area contributed by atoms with E-state index in [4.69, 9.17) is 39.2 Å². The van der Waals surface area contributed by atoms with E-state index in [1.54, 1.807) is 74.5 Å². The number of aromatic hydroxyl groups is 1. The van der Waals surface area contributed by atoms with Gasteiger partial charge in [-0.1, -0.05) is 86.6 Å². The number of phenolic OH excluding ortho intramolecular Hbond substituents is 1. The molecule has 0 aliphatic carbocycles. The van der Waals surface area contributed by atoms with Crippen molar-refractivity contribution in [3.8, 4) is 5.75 Å². The smallest absolute Gasteiger partial charge is 0.326 e. The maximum absolute atomic E-state index is 15.0. The number of amides is 11. The quantitative estimate of drug-likeness (QED) is 0.0143. The summed E-state index contributed by atoms with van der Waals surface area (Å²) in [5.41, 5.74) is 23.2. The molecule has 111 heavy (non-hydrogen) atoms. The zero-order valence-electron chi connectivity index (χ0n) is 61.6. The van der Waals surface area contributed by atoms with Crippen molar-refractivity contribution >= 4 is 107 Å². The number of guanidine groups is 3. The Labute approximate surface area is 638 Å². The van der Waals surface area contributed by atoms with Gasteiger partial charge < -0.3 is 123 Å². The average Bonchev–Trinajstić information content (AvgIpc) is 0.851. The van der Waals surface area contributed by atoms with Gasteiger partial charge in [0.15, 0.2) is 17.9 Å². The number of nitrogens with two attached hydrogens (primary N) is 4. The van der Waals surface area contributed by atoms with Gasteiger partial charge in [-0.05, 0) is 99.5 Å². The number of carbonyl (C=O) groups is 15. The van der Waals surface area contributed by atoms with Crippen molar-refractivity contribution in [2.75, 3.05) is 26.2 Å². The maximum Gasteiger partial charge on any atom is 0.326 e. The van der Waals surface area contributed by atoms with Crippen molar-refractivity contribution < 1.29 is 97.5 Å². The minimum absolute atomic E-state index is 0.00882. The molecule has 3 aromatic rings. The lowest BCUT2D eigenvalue weighted by atomic mass is 10.00. The summed E-state index contributed by atoms with van der Waals surface area (Å²) < 4.78 is 0. The Balaban J connectivity index is 2.09. The Morgan fingerprint density at radius 3 is 1.01 bits per heavy atom. The van der Waals surface area contributed by atoms with Crippen molar-refractivity contribution in [1.29, 1.82) is 16.2 Å². The third-order valence-corrected chi connectivity index (χ3v) is 16.5. The Hall–Kier alpha value is -12.7. The van der Waals surface area contributed by atoms with E-state index >= 15 is 0 Å². The molecule has 30 N–H and O–H groups in total. The van der Waals surface area contributed by atoms with Gasteiger partial charge in [-0.25, -0.2) is 4.79 Å². The highest BCUT2D eigenvalue weighted by Gasteiger charge is 2.38. The summed E-state index contributed by atoms with van der Waals surface area (Å²) in [5.74, 6) is -19.6. The molecule has 3 rings (SSSR count). The fraction of sp³-hybridized carbons (Fsp3) is 0.486. The van der Waals surface area contributed by atoms with Crippen molar-refractivity contribution in [3.05, 3.63) is 102 Å². The number of phenols is 1. The van der Waals surface area contributed by atoms with Gasteiger partial charge in [0.1, 0.15) is 72.2 Å². The highest BCUT2D eigenvalue weighted by molar-refractivity contribution is 6.00. The molecule has 0 aliphatic heterocycles. The summed E-state index contributed by atoms with van der Waals surface area (Å²) in [4.78, 5) is 204. The van der Waals surface area contributed by atoms with E-state index < -0.39 is 218 Å². The standard InChI is InChI=1S/C70H103N21O20/c1-37(2)31-48(88-61(104)46(24-26-54(94)95)86-65(108)49(32-39-13-6-4-7-14-39)90-62(105)47(25-27-55(96)97)87-66(109)51(35-56(98)99)82-53(93)36-71)63(106)84-45(19-12-30-80-70(76)77)60(103)89-50(33-41-20-22-42(92)23-21-41)64(107)85-44(18-11-29-79-69(74)75)59(102)83-43(17-10-28-78-68(72)73)58(101)81-38(3)57(100)91-52(67(110)111)34-40-15-8-5-9-16-40/h4-9,13-16,20-23,37-38,43-52,92H,10-12,17-19,24-36,71H2,1-3H3,(H,81,101)(H,82,93)(H,83,102)(H,84,106)(H,85,107)(H,86,108)(H,87,109)(H,88,104)(H,89,103)(H,90,105)(H,91,100)(H,94,95)(H,96,97)(H,98,99)(H,110,111)(H4,72,73,78)(H4,74,75,79)(H4,76,77,80)/t38-,43-,44-,45-,46-,47-,48-,49-,50-,51-,52-/m0/s1. The summed E-state index contributed by atoms with van der Waals surface area (Å²) in [5, 5.41) is 107. The first kappa shape index (κ1) is 92.5. The average molecular weight is 1560 g/mol. The lowest BCUT2D eigenvalue weighted by Gasteiger charge is -2.29. The van der Waals surface area contributed by atoms with E-state index in [2.05, 4.69) is 74.4 Å². The topological polar surface area (TPSA) is 701 Å². The lowest BCUT2D eigenvalue weighted by Crippen LogP contribution is -2.61. The van der Waals surface area contributed by atoms with Crippen LogP contribution in [0.2, 0.25) is 0 Å². The Kier molecular flexibility index (Phi) is 40.5. The molecule has 608 valence electrons. The first-order valence-electron chi connectivity index (χ1n) is 35.5. The fourth-order valence-corrected chi connectivity index (χ4v) is 10.8. The van der Waals surface area contributed by atoms with E-state index in [1.807, 2.05) is 0 Å². The predicted octanol–water partition coefficient (Wildman–Crippen LogP) is -5.14. The van der Waals surface area contributed by atoms with Gasteiger partial charge in [0.2, 0.25) is 65.0 Å². The summed E-state index contributed by atoms with van der Waals surface area (Å²) in [6.07, 6.45) is -5.64. The Morgan fingerprint density at radius 2 is 0.667 bits per heavy atom. The molecule has 0 aromatic heterocycles. The first-order chi connectivity index (χ1) is 52.4. The molecule has 0 spiro atoms. The van der Waals surface area contributed by atoms with Gasteiger partial charge >= 0.3 is 23.9 Å². The number of benzene rings is 3. The van der Waals surface area contributed by atoms with Crippen LogP contribution in [0, 0.1) is 22.1 Å². The third-order valence-electron chi connectivity index (χ3n) is 16.5. The monoisotopic (exact) mass is 1560 g/mol. The van der Waals surface area contributed by atoms with Crippen LogP contribution in [0.25, 0.3) is 0 Å². The van der Waals surface area contributed by atoms with Crippen LogP contribution in [0.4, 0.5) is 0 Å². The van der Waals surface area contributed by atoms with Crippen LogP contribution in [0.3, 0.4) is 0 Å². The molecule has 3 aromatic carbocycles. The second kappa shape index (κ2) is 48.6. The molecule has 41 nitrogen and oxygen atoms in total. The minimum atomic E-state index is -1.84. The van der Waals surface area contributed by atoms with Gasteiger partial charge in [0.25, 0.3) is 0 Å². The van der Waals surface area contributed by atoms with Crippen molar-refractivity contribution in [1.82, 2.24) is 74.4 Å². The zero-order chi connectivity index (χ0) is 82.9. The maximum atomic E-state index is 15.0. The number of carboxylic acids is 4. The van der Waals surface area contributed by atoms with Crippen LogP contribution >= 0.6 is 0 Å². The summed E-state index contributed by atoms with van der Waals surface area (Å²) in [6.45, 7) is 3.81. The van der Waals surface area contributed by atoms with E-state index in [1.165, 1.54) is 31.2 Å². The summed E-state index contributed by atoms with van der Waals surface area (Å²) in [7, 11) is 0. The highest BCUT2D eigenvalue weighted by Crippen LogP contribution is 2.16. The molecule has 0 heterocycles. The van der Waals surface area contributed by atoms with E-state index in [0.717, 1.165) is 0 Å². The normalized spacial score (nSPS) is 13.8. The van der Waals surface area contributed by atoms with Gasteiger partial charge in [-0.3, -0.25) is 83.4 Å². The van der Waals surface area contributed by atoms with Crippen molar-refractivity contribution in [2.45, 2.75) is 184 Å². The molecule has 0 fully saturated rings. The summed E-state index contributed by atoms with van der Waals surface area (Å²) in [6, 6.07) is 3.54. The van der Waals surface area contributed by atoms with Gasteiger partial charge in [0, 0.05) is 51.7 Å². The van der Waals surface area contributed by atoms with Gasteiger partial charge in [0.05, 0.1) is 13.0 Å². The number of rotatable bonds is 51. The number of carbonyl (C=O) groups excluding carboxylic acids is 11. The number of aliphatic carboxylic acids is 4. The molecule has 11 amide bonds. The predicted molar refractivity (Wildman–Crippen MR) is 399 cm³/mol. The second-order valence-corrected chi connectivity index (χ2v) is 26.2. The van der Waals surface area contributed by atoms with E-state index in [9.17, 15) is 97.5 Å². The molecule has 11 atom stereocenters. The first-order valence-corrected chi connectivity index (χ1v) is 35.5. The molecule has 0 bridgehead atoms. The Morgan fingerprint density at radius 1 is 0.360 bits per heavy atom. The van der Waals surface area contributed by atoms with Crippen LogP contribution in [0.5, 0.6) is 5.75 Å². The van der Waals surface area contributed by atoms with Crippen LogP contribution in [-0.2, 0) is 91.2 Å².